The molecule has 0 aliphatic heterocycles. The van der Waals surface area contributed by atoms with E-state index in [1.165, 1.54) is 6.07 Å². The summed E-state index contributed by atoms with van der Waals surface area (Å²) < 4.78 is 5.27. The number of nitrogens with two attached hydrogens (primary N) is 1. The summed E-state index contributed by atoms with van der Waals surface area (Å²) in [7, 11) is 0. The monoisotopic (exact) mass is 332 g/mol. The Labute approximate surface area is 141 Å². The first-order valence-corrected chi connectivity index (χ1v) is 7.51. The van der Waals surface area contributed by atoms with Gasteiger partial charge in [0.1, 0.15) is 16.9 Å². The van der Waals surface area contributed by atoms with Crippen LogP contribution < -0.4 is 11.4 Å². The molecule has 6 heteroatoms. The molecule has 4 rings (SSSR count). The zero-order valence-corrected chi connectivity index (χ0v) is 12.9. The van der Waals surface area contributed by atoms with Gasteiger partial charge >= 0.3 is 5.63 Å². The summed E-state index contributed by atoms with van der Waals surface area (Å²) in [6.45, 7) is 0. The molecule has 4 aromatic rings. The third-order valence-electron chi connectivity index (χ3n) is 4.02. The van der Waals surface area contributed by atoms with Gasteiger partial charge in [0.15, 0.2) is 0 Å². The van der Waals surface area contributed by atoms with Crippen molar-refractivity contribution in [3.63, 3.8) is 0 Å². The van der Waals surface area contributed by atoms with E-state index >= 15 is 0 Å². The van der Waals surface area contributed by atoms with Gasteiger partial charge in [0.05, 0.1) is 22.2 Å². The summed E-state index contributed by atoms with van der Waals surface area (Å²) in [5, 5.41) is 11.5. The van der Waals surface area contributed by atoms with Crippen LogP contribution in [0.25, 0.3) is 33.1 Å². The van der Waals surface area contributed by atoms with Gasteiger partial charge in [-0.05, 0) is 24.3 Å². The Hall–Kier alpha value is -3.67. The maximum Gasteiger partial charge on any atom is 0.349 e. The van der Waals surface area contributed by atoms with Crippen LogP contribution in [0.4, 0.5) is 0 Å². The summed E-state index contributed by atoms with van der Waals surface area (Å²) in [5.41, 5.74) is 5.72. The van der Waals surface area contributed by atoms with Gasteiger partial charge in [0.25, 0.3) is 0 Å². The second-order valence-electron chi connectivity index (χ2n) is 5.55. The number of carbonyl (C=O) groups excluding carboxylic acids is 1. The van der Waals surface area contributed by atoms with E-state index in [0.29, 0.717) is 16.3 Å². The van der Waals surface area contributed by atoms with Gasteiger partial charge in [0, 0.05) is 5.39 Å². The molecule has 0 aliphatic rings. The van der Waals surface area contributed by atoms with Crippen molar-refractivity contribution < 1.29 is 14.3 Å². The summed E-state index contributed by atoms with van der Waals surface area (Å²) >= 11 is 0. The standard InChI is InChI=1S/C19H12N2O4/c20-18(23)12-9-14(21-13-7-3-1-5-10(12)13)16-17(22)11-6-2-4-8-15(11)25-19(16)24/h1-9,22H,(H2,20,23). The zero-order chi connectivity index (χ0) is 17.6. The highest BCUT2D eigenvalue weighted by Gasteiger charge is 2.19. The van der Waals surface area contributed by atoms with E-state index in [2.05, 4.69) is 4.98 Å². The molecule has 0 unspecified atom stereocenters. The summed E-state index contributed by atoms with van der Waals surface area (Å²) in [4.78, 5) is 28.6. The highest BCUT2D eigenvalue weighted by molar-refractivity contribution is 6.06. The fourth-order valence-corrected chi connectivity index (χ4v) is 2.87. The van der Waals surface area contributed by atoms with Crippen LogP contribution in [0.15, 0.2) is 63.8 Å². The Bertz CT molecular complexity index is 1210. The third kappa shape index (κ3) is 2.31. The minimum Gasteiger partial charge on any atom is -0.506 e. The number of pyridine rings is 1. The Kier molecular flexibility index (Phi) is 3.25. The maximum absolute atomic E-state index is 12.4. The number of amides is 1. The quantitative estimate of drug-likeness (QED) is 0.549. The number of rotatable bonds is 2. The van der Waals surface area contributed by atoms with Crippen molar-refractivity contribution in [3.05, 3.63) is 70.6 Å². The lowest BCUT2D eigenvalue weighted by molar-refractivity contribution is 0.100. The second-order valence-corrected chi connectivity index (χ2v) is 5.55. The molecule has 0 aliphatic carbocycles. The number of fused-ring (bicyclic) bond motifs is 2. The minimum atomic E-state index is -0.741. The van der Waals surface area contributed by atoms with Crippen LogP contribution in [0.5, 0.6) is 5.75 Å². The van der Waals surface area contributed by atoms with Gasteiger partial charge in [-0.25, -0.2) is 9.78 Å². The van der Waals surface area contributed by atoms with Crippen molar-refractivity contribution in [2.45, 2.75) is 0 Å². The number of carbonyl (C=O) groups is 1. The van der Waals surface area contributed by atoms with Gasteiger partial charge in [-0.3, -0.25) is 4.79 Å². The average molecular weight is 332 g/mol. The molecule has 0 fully saturated rings. The summed E-state index contributed by atoms with van der Waals surface area (Å²) in [6.07, 6.45) is 0. The minimum absolute atomic E-state index is 0.105. The van der Waals surface area contributed by atoms with Crippen molar-refractivity contribution in [3.8, 4) is 17.0 Å². The van der Waals surface area contributed by atoms with Crippen molar-refractivity contribution in [2.75, 3.05) is 0 Å². The SMILES string of the molecule is NC(=O)c1cc(-c2c(O)c3ccccc3oc2=O)nc2ccccc12. The number of benzene rings is 2. The molecule has 0 radical (unpaired) electrons. The summed E-state index contributed by atoms with van der Waals surface area (Å²) in [6, 6.07) is 15.0. The first-order chi connectivity index (χ1) is 12.1. The van der Waals surface area contributed by atoms with Crippen LogP contribution in [0.3, 0.4) is 0 Å². The molecule has 0 saturated carbocycles. The Morgan fingerprint density at radius 2 is 1.72 bits per heavy atom. The highest BCUT2D eigenvalue weighted by Crippen LogP contribution is 2.33. The molecule has 25 heavy (non-hydrogen) atoms. The van der Waals surface area contributed by atoms with Gasteiger partial charge in [0.2, 0.25) is 5.91 Å². The lowest BCUT2D eigenvalue weighted by Crippen LogP contribution is -2.13. The number of nitrogens with zero attached hydrogens (tertiary/aromatic N) is 1. The average Bonchev–Trinajstić information content (AvgIpc) is 2.61. The van der Waals surface area contributed by atoms with E-state index in [1.54, 1.807) is 48.5 Å². The molecule has 2 aromatic carbocycles. The molecule has 1 amide bonds. The lowest BCUT2D eigenvalue weighted by Gasteiger charge is -2.09. The Morgan fingerprint density at radius 3 is 2.48 bits per heavy atom. The van der Waals surface area contributed by atoms with Crippen LogP contribution in [-0.2, 0) is 0 Å². The maximum atomic E-state index is 12.4. The van der Waals surface area contributed by atoms with E-state index in [0.717, 1.165) is 0 Å². The topological polar surface area (TPSA) is 106 Å². The second kappa shape index (κ2) is 5.45. The van der Waals surface area contributed by atoms with E-state index < -0.39 is 11.5 Å². The molecular weight excluding hydrogens is 320 g/mol. The van der Waals surface area contributed by atoms with E-state index in [1.807, 2.05) is 0 Å². The predicted molar refractivity (Wildman–Crippen MR) is 93.4 cm³/mol. The van der Waals surface area contributed by atoms with E-state index in [9.17, 15) is 14.7 Å². The Morgan fingerprint density at radius 1 is 1.04 bits per heavy atom. The van der Waals surface area contributed by atoms with Crippen molar-refractivity contribution >= 4 is 27.8 Å². The highest BCUT2D eigenvalue weighted by atomic mass is 16.4. The van der Waals surface area contributed by atoms with E-state index in [4.69, 9.17) is 10.2 Å². The van der Waals surface area contributed by atoms with Crippen molar-refractivity contribution in [1.82, 2.24) is 4.98 Å². The van der Waals surface area contributed by atoms with Gasteiger partial charge in [-0.15, -0.1) is 0 Å². The van der Waals surface area contributed by atoms with Gasteiger partial charge < -0.3 is 15.3 Å². The molecule has 0 atom stereocenters. The molecule has 122 valence electrons. The van der Waals surface area contributed by atoms with Crippen LogP contribution in [-0.4, -0.2) is 16.0 Å². The van der Waals surface area contributed by atoms with Crippen LogP contribution in [0.1, 0.15) is 10.4 Å². The molecule has 0 saturated heterocycles. The fourth-order valence-electron chi connectivity index (χ4n) is 2.87. The molecule has 0 spiro atoms. The lowest BCUT2D eigenvalue weighted by atomic mass is 10.0. The van der Waals surface area contributed by atoms with Gasteiger partial charge in [-0.1, -0.05) is 30.3 Å². The zero-order valence-electron chi connectivity index (χ0n) is 12.9. The third-order valence-corrected chi connectivity index (χ3v) is 4.02. The molecule has 6 nitrogen and oxygen atoms in total. The number of aromatic hydroxyl groups is 1. The molecule has 2 heterocycles. The number of primary amides is 1. The molecular formula is C19H12N2O4. The van der Waals surface area contributed by atoms with Gasteiger partial charge in [-0.2, -0.15) is 0 Å². The molecule has 2 aromatic heterocycles. The van der Waals surface area contributed by atoms with Crippen LogP contribution >= 0.6 is 0 Å². The number of para-hydroxylation sites is 2. The van der Waals surface area contributed by atoms with E-state index in [-0.39, 0.29) is 28.2 Å². The molecule has 3 N–H and O–H groups in total. The van der Waals surface area contributed by atoms with Crippen molar-refractivity contribution in [1.29, 1.82) is 0 Å². The molecule has 0 bridgehead atoms. The smallest absolute Gasteiger partial charge is 0.349 e. The predicted octanol–water partition coefficient (Wildman–Crippen LogP) is 2.81. The normalized spacial score (nSPS) is 11.0. The first kappa shape index (κ1) is 14.9. The number of hydrogen-bond donors (Lipinski definition) is 2. The Balaban J connectivity index is 2.10. The van der Waals surface area contributed by atoms with Crippen LogP contribution in [0.2, 0.25) is 0 Å². The largest absolute Gasteiger partial charge is 0.506 e. The first-order valence-electron chi connectivity index (χ1n) is 7.51. The fraction of sp³-hybridized carbons (Fsp3) is 0. The number of hydrogen-bond acceptors (Lipinski definition) is 5. The summed E-state index contributed by atoms with van der Waals surface area (Å²) in [5.74, 6) is -0.894. The number of aromatic nitrogens is 1. The van der Waals surface area contributed by atoms with Crippen LogP contribution in [0, 0.1) is 0 Å². The van der Waals surface area contributed by atoms with Crippen molar-refractivity contribution in [2.24, 2.45) is 5.73 Å².